The summed E-state index contributed by atoms with van der Waals surface area (Å²) in [6.45, 7) is 2.86. The molecule has 37 heavy (non-hydrogen) atoms. The van der Waals surface area contributed by atoms with Gasteiger partial charge in [0.25, 0.3) is 0 Å². The number of carbonyl (C=O) groups is 1. The Labute approximate surface area is 231 Å². The van der Waals surface area contributed by atoms with Gasteiger partial charge in [0.2, 0.25) is 15.9 Å². The largest absolute Gasteiger partial charge is 0.354 e. The van der Waals surface area contributed by atoms with Crippen molar-refractivity contribution >= 4 is 67.7 Å². The summed E-state index contributed by atoms with van der Waals surface area (Å²) in [6, 6.07) is 12.2. The topological polar surface area (TPSA) is 86.7 Å². The van der Waals surface area contributed by atoms with E-state index in [1.165, 1.54) is 34.6 Å². The van der Waals surface area contributed by atoms with E-state index >= 15 is 0 Å². The summed E-state index contributed by atoms with van der Waals surface area (Å²) in [7, 11) is -3.81. The molecule has 0 radical (unpaired) electrons. The Morgan fingerprint density at radius 3 is 2.27 bits per heavy atom. The highest BCUT2D eigenvalue weighted by Crippen LogP contribution is 2.32. The minimum absolute atomic E-state index is 0.0166. The summed E-state index contributed by atoms with van der Waals surface area (Å²) in [5.74, 6) is 0.994. The number of anilines is 1. The quantitative estimate of drug-likeness (QED) is 0.396. The molecule has 0 atom stereocenters. The fraction of sp³-hybridized carbons (Fsp3) is 0.400. The second-order valence-corrected chi connectivity index (χ2v) is 12.8. The van der Waals surface area contributed by atoms with E-state index in [9.17, 15) is 13.2 Å². The Bertz CT molecular complexity index is 1410. The second-order valence-electron chi connectivity index (χ2n) is 9.04. The predicted molar refractivity (Wildman–Crippen MR) is 148 cm³/mol. The maximum Gasteiger partial charge on any atom is 0.244 e. The van der Waals surface area contributed by atoms with Crippen LogP contribution in [0.15, 0.2) is 52.4 Å². The van der Waals surface area contributed by atoms with Crippen molar-refractivity contribution in [2.45, 2.75) is 29.2 Å². The number of halogens is 2. The first-order valence-corrected chi connectivity index (χ1v) is 15.4. The lowest BCUT2D eigenvalue weighted by Crippen LogP contribution is -2.51. The van der Waals surface area contributed by atoms with Crippen molar-refractivity contribution in [2.75, 3.05) is 49.9 Å². The number of para-hydroxylation sites is 2. The third-order valence-corrected chi connectivity index (χ3v) is 10.2. The number of piperazine rings is 1. The average Bonchev–Trinajstić information content (AvgIpc) is 2.93. The lowest BCUT2D eigenvalue weighted by Gasteiger charge is -2.34. The minimum atomic E-state index is -3.81. The fourth-order valence-corrected chi connectivity index (χ4v) is 7.67. The molecule has 0 saturated carbocycles. The number of thioether (sulfide) groups is 1. The van der Waals surface area contributed by atoms with Crippen molar-refractivity contribution in [2.24, 2.45) is 0 Å². The minimum Gasteiger partial charge on any atom is -0.354 e. The summed E-state index contributed by atoms with van der Waals surface area (Å²) < 4.78 is 27.5. The molecule has 5 rings (SSSR count). The van der Waals surface area contributed by atoms with E-state index in [0.29, 0.717) is 18.1 Å². The zero-order valence-electron chi connectivity index (χ0n) is 20.1. The Kier molecular flexibility index (Phi) is 8.11. The van der Waals surface area contributed by atoms with Gasteiger partial charge in [-0.05, 0) is 49.6 Å². The van der Waals surface area contributed by atoms with Gasteiger partial charge in [-0.3, -0.25) is 4.79 Å². The number of nitrogens with zero attached hydrogens (tertiary/aromatic N) is 5. The monoisotopic (exact) mass is 579 g/mol. The molecule has 2 fully saturated rings. The van der Waals surface area contributed by atoms with Gasteiger partial charge in [-0.15, -0.1) is 0 Å². The van der Waals surface area contributed by atoms with Crippen LogP contribution < -0.4 is 4.90 Å². The number of piperidine rings is 1. The zero-order chi connectivity index (χ0) is 26.0. The predicted octanol–water partition coefficient (Wildman–Crippen LogP) is 4.55. The number of aromatic nitrogens is 2. The number of sulfonamides is 1. The van der Waals surface area contributed by atoms with E-state index in [1.54, 1.807) is 11.0 Å². The summed E-state index contributed by atoms with van der Waals surface area (Å²) in [5, 5.41) is 1.18. The van der Waals surface area contributed by atoms with Crippen LogP contribution in [-0.4, -0.2) is 78.5 Å². The molecule has 196 valence electrons. The number of hydrogen-bond donors (Lipinski definition) is 0. The van der Waals surface area contributed by atoms with Gasteiger partial charge >= 0.3 is 0 Å². The standard InChI is InChI=1S/C25H27Cl2N5O3S2/c26-18-8-9-19(27)22(16-18)37(34,35)32-14-12-30(13-15-32)23(33)17-36-25-24(31-10-4-1-5-11-31)28-20-6-2-3-7-21(20)29-25/h2-3,6-9,16H,1,4-5,10-15,17H2. The molecule has 0 unspecified atom stereocenters. The number of rotatable bonds is 6. The van der Waals surface area contributed by atoms with Crippen molar-refractivity contribution in [1.82, 2.24) is 19.2 Å². The van der Waals surface area contributed by atoms with Crippen LogP contribution in [0.5, 0.6) is 0 Å². The molecular weight excluding hydrogens is 553 g/mol. The second kappa shape index (κ2) is 11.3. The smallest absolute Gasteiger partial charge is 0.244 e. The maximum atomic E-state index is 13.1. The van der Waals surface area contributed by atoms with Gasteiger partial charge in [-0.25, -0.2) is 18.4 Å². The SMILES string of the molecule is O=C(CSc1nc2ccccc2nc1N1CCCCC1)N1CCN(S(=O)(=O)c2cc(Cl)ccc2Cl)CC1. The highest BCUT2D eigenvalue weighted by Gasteiger charge is 2.32. The van der Waals surface area contributed by atoms with Crippen LogP contribution in [0.25, 0.3) is 11.0 Å². The van der Waals surface area contributed by atoms with Gasteiger partial charge < -0.3 is 9.80 Å². The lowest BCUT2D eigenvalue weighted by atomic mass is 10.1. The maximum absolute atomic E-state index is 13.1. The molecular formula is C25H27Cl2N5O3S2. The van der Waals surface area contributed by atoms with Crippen LogP contribution in [0.1, 0.15) is 19.3 Å². The molecule has 12 heteroatoms. The van der Waals surface area contributed by atoms with Gasteiger partial charge in [0.1, 0.15) is 9.92 Å². The average molecular weight is 581 g/mol. The van der Waals surface area contributed by atoms with Crippen LogP contribution in [0.4, 0.5) is 5.82 Å². The van der Waals surface area contributed by atoms with E-state index in [1.807, 2.05) is 24.3 Å². The van der Waals surface area contributed by atoms with Crippen LogP contribution >= 0.6 is 35.0 Å². The number of carbonyl (C=O) groups excluding carboxylic acids is 1. The first kappa shape index (κ1) is 26.5. The molecule has 2 saturated heterocycles. The summed E-state index contributed by atoms with van der Waals surface area (Å²) in [6.07, 6.45) is 3.44. The Hall–Kier alpha value is -2.11. The molecule has 1 amide bonds. The fourth-order valence-electron chi connectivity index (χ4n) is 4.60. The molecule has 2 aliphatic heterocycles. The van der Waals surface area contributed by atoms with Gasteiger partial charge in [-0.2, -0.15) is 4.31 Å². The number of amides is 1. The van der Waals surface area contributed by atoms with Gasteiger partial charge in [0.05, 0.1) is 21.8 Å². The highest BCUT2D eigenvalue weighted by molar-refractivity contribution is 8.00. The van der Waals surface area contributed by atoms with E-state index < -0.39 is 10.0 Å². The molecule has 0 spiro atoms. The third kappa shape index (κ3) is 5.83. The van der Waals surface area contributed by atoms with Gasteiger partial charge in [-0.1, -0.05) is 47.1 Å². The molecule has 3 heterocycles. The highest BCUT2D eigenvalue weighted by atomic mass is 35.5. The Balaban J connectivity index is 1.25. The number of fused-ring (bicyclic) bond motifs is 1. The van der Waals surface area contributed by atoms with Crippen LogP contribution in [0, 0.1) is 0 Å². The molecule has 0 aliphatic carbocycles. The van der Waals surface area contributed by atoms with Crippen molar-refractivity contribution in [3.8, 4) is 0 Å². The van der Waals surface area contributed by atoms with E-state index in [4.69, 9.17) is 33.2 Å². The summed E-state index contributed by atoms with van der Waals surface area (Å²) in [4.78, 5) is 26.8. The lowest BCUT2D eigenvalue weighted by molar-refractivity contribution is -0.129. The molecule has 8 nitrogen and oxygen atoms in total. The van der Waals surface area contributed by atoms with Crippen LogP contribution in [-0.2, 0) is 14.8 Å². The Morgan fingerprint density at radius 1 is 0.892 bits per heavy atom. The first-order chi connectivity index (χ1) is 17.8. The van der Waals surface area contributed by atoms with E-state index in [0.717, 1.165) is 47.8 Å². The van der Waals surface area contributed by atoms with Gasteiger partial charge in [0, 0.05) is 44.3 Å². The van der Waals surface area contributed by atoms with E-state index in [-0.39, 0.29) is 34.7 Å². The van der Waals surface area contributed by atoms with Crippen LogP contribution in [0.2, 0.25) is 10.0 Å². The number of hydrogen-bond acceptors (Lipinski definition) is 7. The zero-order valence-corrected chi connectivity index (χ0v) is 23.3. The summed E-state index contributed by atoms with van der Waals surface area (Å²) in [5.41, 5.74) is 1.65. The van der Waals surface area contributed by atoms with Crippen LogP contribution in [0.3, 0.4) is 0 Å². The molecule has 1 aromatic heterocycles. The molecule has 0 bridgehead atoms. The first-order valence-electron chi connectivity index (χ1n) is 12.2. The van der Waals surface area contributed by atoms with Crippen molar-refractivity contribution in [3.05, 3.63) is 52.5 Å². The van der Waals surface area contributed by atoms with Gasteiger partial charge in [0.15, 0.2) is 5.82 Å². The molecule has 2 aromatic carbocycles. The van der Waals surface area contributed by atoms with E-state index in [2.05, 4.69) is 4.90 Å². The normalized spacial score (nSPS) is 17.4. The van der Waals surface area contributed by atoms with Crippen molar-refractivity contribution in [3.63, 3.8) is 0 Å². The third-order valence-electron chi connectivity index (χ3n) is 6.61. The van der Waals surface area contributed by atoms with Crippen molar-refractivity contribution in [1.29, 1.82) is 0 Å². The molecule has 3 aromatic rings. The molecule has 2 aliphatic rings. The number of benzene rings is 2. The molecule has 0 N–H and O–H groups in total. The summed E-state index contributed by atoms with van der Waals surface area (Å²) >= 11 is 13.5. The Morgan fingerprint density at radius 2 is 1.57 bits per heavy atom. The van der Waals surface area contributed by atoms with Crippen molar-refractivity contribution < 1.29 is 13.2 Å².